The molecule has 9 heteroatoms. The lowest BCUT2D eigenvalue weighted by Gasteiger charge is -2.24. The summed E-state index contributed by atoms with van der Waals surface area (Å²) in [7, 11) is 0. The average molecular weight is 392 g/mol. The number of benzene rings is 1. The fraction of sp³-hybridized carbons (Fsp3) is 0.158. The Morgan fingerprint density at radius 1 is 1.11 bits per heavy atom. The molecule has 0 aliphatic carbocycles. The molecule has 1 aliphatic rings. The van der Waals surface area contributed by atoms with Crippen LogP contribution < -0.4 is 5.32 Å². The Balaban J connectivity index is 1.66. The SMILES string of the molecule is Cc1nn(-c2ccc(Cl)nn2)c2c1[C@H](c1ccc3nccnc3c1)CC(=O)N2. The second-order valence-electron chi connectivity index (χ2n) is 6.58. The fourth-order valence-corrected chi connectivity index (χ4v) is 3.72. The number of aryl methyl sites for hydroxylation is 1. The lowest BCUT2D eigenvalue weighted by Crippen LogP contribution is -2.25. The summed E-state index contributed by atoms with van der Waals surface area (Å²) in [5, 5.41) is 15.8. The Hall–Kier alpha value is -3.39. The molecule has 0 unspecified atom stereocenters. The van der Waals surface area contributed by atoms with Crippen LogP contribution in [0.15, 0.2) is 42.7 Å². The number of nitrogens with one attached hydrogen (secondary N) is 1. The van der Waals surface area contributed by atoms with Crippen molar-refractivity contribution in [3.8, 4) is 5.82 Å². The molecule has 1 aromatic carbocycles. The highest BCUT2D eigenvalue weighted by Gasteiger charge is 2.33. The number of amides is 1. The maximum Gasteiger partial charge on any atom is 0.226 e. The topological polar surface area (TPSA) is 98.5 Å². The average Bonchev–Trinajstić information content (AvgIpc) is 3.04. The summed E-state index contributed by atoms with van der Waals surface area (Å²) in [6, 6.07) is 9.24. The van der Waals surface area contributed by atoms with Gasteiger partial charge < -0.3 is 5.32 Å². The molecule has 0 radical (unpaired) electrons. The predicted octanol–water partition coefficient (Wildman–Crippen LogP) is 3.04. The first kappa shape index (κ1) is 16.8. The Morgan fingerprint density at radius 2 is 1.93 bits per heavy atom. The van der Waals surface area contributed by atoms with E-state index in [0.29, 0.717) is 23.2 Å². The van der Waals surface area contributed by atoms with Crippen molar-refractivity contribution >= 4 is 34.4 Å². The number of carbonyl (C=O) groups is 1. The molecule has 1 N–H and O–H groups in total. The van der Waals surface area contributed by atoms with Crippen LogP contribution in [-0.2, 0) is 4.79 Å². The van der Waals surface area contributed by atoms with Gasteiger partial charge in [-0.2, -0.15) is 9.78 Å². The zero-order valence-electron chi connectivity index (χ0n) is 14.8. The van der Waals surface area contributed by atoms with Crippen LogP contribution in [0.4, 0.5) is 5.82 Å². The molecule has 4 aromatic rings. The van der Waals surface area contributed by atoms with Gasteiger partial charge in [0.1, 0.15) is 5.82 Å². The van der Waals surface area contributed by atoms with Crippen molar-refractivity contribution in [1.82, 2.24) is 29.9 Å². The molecule has 5 rings (SSSR count). The fourth-order valence-electron chi connectivity index (χ4n) is 3.62. The first-order valence-electron chi connectivity index (χ1n) is 8.70. The first-order chi connectivity index (χ1) is 13.6. The number of fused-ring (bicyclic) bond motifs is 2. The molecule has 0 fully saturated rings. The van der Waals surface area contributed by atoms with Crippen molar-refractivity contribution in [2.24, 2.45) is 0 Å². The molecule has 4 heterocycles. The van der Waals surface area contributed by atoms with E-state index in [1.54, 1.807) is 29.2 Å². The molecule has 3 aromatic heterocycles. The number of rotatable bonds is 2. The van der Waals surface area contributed by atoms with E-state index in [9.17, 15) is 4.79 Å². The molecule has 0 saturated heterocycles. The number of halogens is 1. The lowest BCUT2D eigenvalue weighted by atomic mass is 9.85. The quantitative estimate of drug-likeness (QED) is 0.564. The van der Waals surface area contributed by atoms with Gasteiger partial charge in [0.25, 0.3) is 0 Å². The molecule has 8 nitrogen and oxygen atoms in total. The first-order valence-corrected chi connectivity index (χ1v) is 9.07. The van der Waals surface area contributed by atoms with Crippen LogP contribution in [0, 0.1) is 6.92 Å². The third-order valence-electron chi connectivity index (χ3n) is 4.83. The van der Waals surface area contributed by atoms with Crippen LogP contribution >= 0.6 is 11.6 Å². The standard InChI is InChI=1S/C19H14ClN7O/c1-10-18-12(11-2-3-13-14(8-11)22-7-6-21-13)9-17(28)23-19(18)27(26-10)16-5-4-15(20)24-25-16/h2-8,12H,9H2,1H3,(H,23,28)/t12-/m0/s1. The van der Waals surface area contributed by atoms with E-state index in [1.165, 1.54) is 0 Å². The summed E-state index contributed by atoms with van der Waals surface area (Å²) in [5.41, 5.74) is 4.38. The highest BCUT2D eigenvalue weighted by Crippen LogP contribution is 2.40. The smallest absolute Gasteiger partial charge is 0.226 e. The number of hydrogen-bond acceptors (Lipinski definition) is 6. The Labute approximate surface area is 164 Å². The van der Waals surface area contributed by atoms with Crippen molar-refractivity contribution < 1.29 is 4.79 Å². The molecule has 0 saturated carbocycles. The summed E-state index contributed by atoms with van der Waals surface area (Å²) in [6.45, 7) is 1.92. The van der Waals surface area contributed by atoms with E-state index in [4.69, 9.17) is 11.6 Å². The molecular weight excluding hydrogens is 378 g/mol. The molecule has 0 bridgehead atoms. The number of nitrogens with zero attached hydrogens (tertiary/aromatic N) is 6. The lowest BCUT2D eigenvalue weighted by molar-refractivity contribution is -0.116. The maximum atomic E-state index is 12.5. The third kappa shape index (κ3) is 2.69. The van der Waals surface area contributed by atoms with Gasteiger partial charge in [-0.25, -0.2) is 0 Å². The molecule has 1 aliphatic heterocycles. The van der Waals surface area contributed by atoms with Gasteiger partial charge in [0, 0.05) is 30.3 Å². The van der Waals surface area contributed by atoms with Gasteiger partial charge in [0.15, 0.2) is 11.0 Å². The second kappa shape index (κ2) is 6.35. The Bertz CT molecular complexity index is 1220. The minimum absolute atomic E-state index is 0.0835. The van der Waals surface area contributed by atoms with Crippen LogP contribution in [0.3, 0.4) is 0 Å². The van der Waals surface area contributed by atoms with Gasteiger partial charge in [0.2, 0.25) is 5.91 Å². The van der Waals surface area contributed by atoms with Gasteiger partial charge in [-0.15, -0.1) is 10.2 Å². The minimum atomic E-state index is -0.135. The number of aromatic nitrogens is 6. The van der Waals surface area contributed by atoms with E-state index >= 15 is 0 Å². The summed E-state index contributed by atoms with van der Waals surface area (Å²) in [6.07, 6.45) is 3.65. The molecule has 138 valence electrons. The molecule has 0 spiro atoms. The van der Waals surface area contributed by atoms with Gasteiger partial charge in [-0.1, -0.05) is 17.7 Å². The van der Waals surface area contributed by atoms with Crippen LogP contribution in [-0.4, -0.2) is 35.9 Å². The zero-order chi connectivity index (χ0) is 19.3. The highest BCUT2D eigenvalue weighted by molar-refractivity contribution is 6.29. The van der Waals surface area contributed by atoms with Crippen molar-refractivity contribution in [2.45, 2.75) is 19.3 Å². The summed E-state index contributed by atoms with van der Waals surface area (Å²) < 4.78 is 1.60. The highest BCUT2D eigenvalue weighted by atomic mass is 35.5. The van der Waals surface area contributed by atoms with E-state index in [0.717, 1.165) is 27.9 Å². The number of hydrogen-bond donors (Lipinski definition) is 1. The zero-order valence-corrected chi connectivity index (χ0v) is 15.6. The normalized spacial score (nSPS) is 16.1. The van der Waals surface area contributed by atoms with Crippen LogP contribution in [0.2, 0.25) is 5.15 Å². The van der Waals surface area contributed by atoms with Gasteiger partial charge in [0.05, 0.1) is 16.7 Å². The molecular formula is C19H14ClN7O. The van der Waals surface area contributed by atoms with Crippen molar-refractivity contribution in [2.75, 3.05) is 5.32 Å². The van der Waals surface area contributed by atoms with Gasteiger partial charge in [-0.3, -0.25) is 14.8 Å². The van der Waals surface area contributed by atoms with Crippen LogP contribution in [0.5, 0.6) is 0 Å². The van der Waals surface area contributed by atoms with E-state index < -0.39 is 0 Å². The molecule has 1 atom stereocenters. The van der Waals surface area contributed by atoms with Crippen molar-refractivity contribution in [3.63, 3.8) is 0 Å². The third-order valence-corrected chi connectivity index (χ3v) is 5.03. The van der Waals surface area contributed by atoms with Gasteiger partial charge in [-0.05, 0) is 36.8 Å². The Kier molecular flexibility index (Phi) is 3.80. The van der Waals surface area contributed by atoms with E-state index in [1.807, 2.05) is 25.1 Å². The number of carbonyl (C=O) groups excluding carboxylic acids is 1. The minimum Gasteiger partial charge on any atom is -0.310 e. The monoisotopic (exact) mass is 391 g/mol. The van der Waals surface area contributed by atoms with Gasteiger partial charge >= 0.3 is 0 Å². The predicted molar refractivity (Wildman–Crippen MR) is 104 cm³/mol. The summed E-state index contributed by atoms with van der Waals surface area (Å²) in [4.78, 5) is 21.2. The van der Waals surface area contributed by atoms with Crippen molar-refractivity contribution in [1.29, 1.82) is 0 Å². The van der Waals surface area contributed by atoms with E-state index in [2.05, 4.69) is 30.6 Å². The molecule has 1 amide bonds. The largest absolute Gasteiger partial charge is 0.310 e. The molecule has 28 heavy (non-hydrogen) atoms. The summed E-state index contributed by atoms with van der Waals surface area (Å²) >= 11 is 5.84. The van der Waals surface area contributed by atoms with Crippen molar-refractivity contribution in [3.05, 3.63) is 64.7 Å². The summed E-state index contributed by atoms with van der Waals surface area (Å²) in [5.74, 6) is 0.873. The second-order valence-corrected chi connectivity index (χ2v) is 6.97. The van der Waals surface area contributed by atoms with Crippen LogP contribution in [0.25, 0.3) is 16.9 Å². The van der Waals surface area contributed by atoms with E-state index in [-0.39, 0.29) is 11.8 Å². The maximum absolute atomic E-state index is 12.5. The number of anilines is 1. The van der Waals surface area contributed by atoms with Crippen LogP contribution in [0.1, 0.15) is 29.2 Å². The Morgan fingerprint density at radius 3 is 2.71 bits per heavy atom.